The molecule has 3 aromatic rings. The summed E-state index contributed by atoms with van der Waals surface area (Å²) in [6, 6.07) is 12.4. The van der Waals surface area contributed by atoms with Crippen molar-refractivity contribution in [2.24, 2.45) is 0 Å². The molecular weight excluding hydrogens is 360 g/mol. The Balaban J connectivity index is 1.59. The zero-order valence-electron chi connectivity index (χ0n) is 17.2. The molecule has 0 aliphatic carbocycles. The number of carbonyl (C=O) groups is 1. The molecule has 2 aromatic heterocycles. The van der Waals surface area contributed by atoms with Crippen LogP contribution in [0.5, 0.6) is 0 Å². The average molecular weight is 389 g/mol. The monoisotopic (exact) mass is 388 g/mol. The maximum absolute atomic E-state index is 13.1. The Morgan fingerprint density at radius 3 is 2.93 bits per heavy atom. The normalized spacial score (nSPS) is 17.4. The molecule has 4 rings (SSSR count). The van der Waals surface area contributed by atoms with Crippen LogP contribution in [0.3, 0.4) is 0 Å². The lowest BCUT2D eigenvalue weighted by atomic mass is 10.0. The predicted octanol–water partition coefficient (Wildman–Crippen LogP) is 4.21. The predicted molar refractivity (Wildman–Crippen MR) is 117 cm³/mol. The van der Waals surface area contributed by atoms with E-state index in [0.717, 1.165) is 40.8 Å². The lowest BCUT2D eigenvalue weighted by Gasteiger charge is -2.33. The van der Waals surface area contributed by atoms with Crippen LogP contribution in [0.4, 0.5) is 0 Å². The van der Waals surface area contributed by atoms with Crippen LogP contribution in [-0.4, -0.2) is 46.5 Å². The largest absolute Gasteiger partial charge is 0.351 e. The zero-order chi connectivity index (χ0) is 20.2. The SMILES string of the molecule is Cc1ccc2nc(-c3cccnc3)cc(C(=O)NCCN3CCCC[C@H]3C)c2c1. The number of pyridine rings is 2. The minimum atomic E-state index is -0.0437. The first-order chi connectivity index (χ1) is 14.1. The molecule has 150 valence electrons. The highest BCUT2D eigenvalue weighted by molar-refractivity contribution is 6.07. The van der Waals surface area contributed by atoms with E-state index in [1.165, 1.54) is 19.3 Å². The summed E-state index contributed by atoms with van der Waals surface area (Å²) in [7, 11) is 0. The van der Waals surface area contributed by atoms with Crippen LogP contribution in [0, 0.1) is 6.92 Å². The fraction of sp³-hybridized carbons (Fsp3) is 0.375. The van der Waals surface area contributed by atoms with Crippen molar-refractivity contribution >= 4 is 16.8 Å². The van der Waals surface area contributed by atoms with Gasteiger partial charge in [-0.15, -0.1) is 0 Å². The summed E-state index contributed by atoms with van der Waals surface area (Å²) in [6.45, 7) is 6.99. The maximum atomic E-state index is 13.1. The smallest absolute Gasteiger partial charge is 0.252 e. The lowest BCUT2D eigenvalue weighted by Crippen LogP contribution is -2.42. The van der Waals surface area contributed by atoms with E-state index in [1.807, 2.05) is 43.3 Å². The Morgan fingerprint density at radius 1 is 1.24 bits per heavy atom. The molecule has 1 aliphatic heterocycles. The number of fused-ring (bicyclic) bond motifs is 1. The molecule has 0 spiro atoms. The quantitative estimate of drug-likeness (QED) is 0.711. The summed E-state index contributed by atoms with van der Waals surface area (Å²) in [5.74, 6) is -0.0437. The third-order valence-electron chi connectivity index (χ3n) is 5.79. The number of nitrogens with one attached hydrogen (secondary N) is 1. The number of piperidine rings is 1. The molecule has 0 saturated carbocycles. The molecule has 1 aromatic carbocycles. The minimum absolute atomic E-state index is 0.0437. The van der Waals surface area contributed by atoms with Gasteiger partial charge in [0.2, 0.25) is 0 Å². The molecule has 5 nitrogen and oxygen atoms in total. The number of rotatable bonds is 5. The van der Waals surface area contributed by atoms with Gasteiger partial charge in [0.1, 0.15) is 0 Å². The zero-order valence-corrected chi connectivity index (χ0v) is 17.2. The Bertz CT molecular complexity index is 1000. The van der Waals surface area contributed by atoms with Gasteiger partial charge in [0.25, 0.3) is 5.91 Å². The average Bonchev–Trinajstić information content (AvgIpc) is 2.75. The minimum Gasteiger partial charge on any atom is -0.351 e. The number of hydrogen-bond donors (Lipinski definition) is 1. The van der Waals surface area contributed by atoms with Crippen molar-refractivity contribution in [1.82, 2.24) is 20.2 Å². The van der Waals surface area contributed by atoms with Gasteiger partial charge in [0.05, 0.1) is 16.8 Å². The second-order valence-electron chi connectivity index (χ2n) is 7.95. The van der Waals surface area contributed by atoms with Crippen LogP contribution in [-0.2, 0) is 0 Å². The molecule has 0 unspecified atom stereocenters. The van der Waals surface area contributed by atoms with Crippen molar-refractivity contribution in [3.05, 3.63) is 59.9 Å². The summed E-state index contributed by atoms with van der Waals surface area (Å²) in [6.07, 6.45) is 7.33. The highest BCUT2D eigenvalue weighted by Gasteiger charge is 2.19. The van der Waals surface area contributed by atoms with E-state index in [-0.39, 0.29) is 5.91 Å². The van der Waals surface area contributed by atoms with Crippen LogP contribution in [0.2, 0.25) is 0 Å². The number of benzene rings is 1. The van der Waals surface area contributed by atoms with Gasteiger partial charge in [-0.05, 0) is 63.6 Å². The van der Waals surface area contributed by atoms with Gasteiger partial charge >= 0.3 is 0 Å². The van der Waals surface area contributed by atoms with Gasteiger partial charge in [0, 0.05) is 42.5 Å². The molecule has 1 atom stereocenters. The molecule has 0 bridgehead atoms. The number of likely N-dealkylation sites (tertiary alicyclic amines) is 1. The van der Waals surface area contributed by atoms with E-state index in [2.05, 4.69) is 22.1 Å². The summed E-state index contributed by atoms with van der Waals surface area (Å²) in [4.78, 5) is 24.5. The van der Waals surface area contributed by atoms with E-state index in [9.17, 15) is 4.79 Å². The summed E-state index contributed by atoms with van der Waals surface area (Å²) >= 11 is 0. The topological polar surface area (TPSA) is 58.1 Å². The molecule has 1 N–H and O–H groups in total. The number of aromatic nitrogens is 2. The number of amides is 1. The van der Waals surface area contributed by atoms with Gasteiger partial charge in [-0.3, -0.25) is 14.7 Å². The van der Waals surface area contributed by atoms with Gasteiger partial charge in [-0.1, -0.05) is 18.1 Å². The van der Waals surface area contributed by atoms with Crippen molar-refractivity contribution < 1.29 is 4.79 Å². The van der Waals surface area contributed by atoms with Crippen LogP contribution in [0.1, 0.15) is 42.1 Å². The molecular formula is C24H28N4O. The van der Waals surface area contributed by atoms with Gasteiger partial charge in [-0.2, -0.15) is 0 Å². The van der Waals surface area contributed by atoms with Crippen LogP contribution < -0.4 is 5.32 Å². The molecule has 1 fully saturated rings. The first-order valence-corrected chi connectivity index (χ1v) is 10.5. The van der Waals surface area contributed by atoms with Crippen molar-refractivity contribution in [3.8, 4) is 11.3 Å². The summed E-state index contributed by atoms with van der Waals surface area (Å²) in [5, 5.41) is 4.02. The van der Waals surface area contributed by atoms with Crippen molar-refractivity contribution in [3.63, 3.8) is 0 Å². The Kier molecular flexibility index (Phi) is 5.86. The van der Waals surface area contributed by atoms with Crippen LogP contribution in [0.25, 0.3) is 22.2 Å². The van der Waals surface area contributed by atoms with Crippen LogP contribution in [0.15, 0.2) is 48.8 Å². The second-order valence-corrected chi connectivity index (χ2v) is 7.95. The lowest BCUT2D eigenvalue weighted by molar-refractivity contribution is 0.0940. The molecule has 1 saturated heterocycles. The third kappa shape index (κ3) is 4.46. The first kappa shape index (κ1) is 19.5. The molecule has 0 radical (unpaired) electrons. The highest BCUT2D eigenvalue weighted by atomic mass is 16.1. The Labute approximate surface area is 172 Å². The standard InChI is InChI=1S/C24H28N4O/c1-17-8-9-22-20(14-17)21(15-23(27-22)19-7-5-10-25-16-19)24(29)26-11-13-28-12-4-3-6-18(28)2/h5,7-10,14-16,18H,3-4,6,11-13H2,1-2H3,(H,26,29)/t18-/m1/s1. The Morgan fingerprint density at radius 2 is 2.14 bits per heavy atom. The van der Waals surface area contributed by atoms with Gasteiger partial charge < -0.3 is 5.32 Å². The summed E-state index contributed by atoms with van der Waals surface area (Å²) in [5.41, 5.74) is 4.29. The van der Waals surface area contributed by atoms with Crippen molar-refractivity contribution in [2.75, 3.05) is 19.6 Å². The van der Waals surface area contributed by atoms with E-state index >= 15 is 0 Å². The highest BCUT2D eigenvalue weighted by Crippen LogP contribution is 2.25. The van der Waals surface area contributed by atoms with Crippen molar-refractivity contribution in [1.29, 1.82) is 0 Å². The maximum Gasteiger partial charge on any atom is 0.252 e. The molecule has 3 heterocycles. The van der Waals surface area contributed by atoms with Crippen LogP contribution >= 0.6 is 0 Å². The number of nitrogens with zero attached hydrogens (tertiary/aromatic N) is 3. The fourth-order valence-corrected chi connectivity index (χ4v) is 4.09. The third-order valence-corrected chi connectivity index (χ3v) is 5.79. The Hall–Kier alpha value is -2.79. The fourth-order valence-electron chi connectivity index (χ4n) is 4.09. The number of hydrogen-bond acceptors (Lipinski definition) is 4. The van der Waals surface area contributed by atoms with Gasteiger partial charge in [-0.25, -0.2) is 4.98 Å². The van der Waals surface area contributed by atoms with E-state index in [1.54, 1.807) is 12.4 Å². The van der Waals surface area contributed by atoms with E-state index in [0.29, 0.717) is 18.2 Å². The molecule has 1 amide bonds. The molecule has 5 heteroatoms. The number of aryl methyl sites for hydroxylation is 1. The first-order valence-electron chi connectivity index (χ1n) is 10.5. The number of carbonyl (C=O) groups excluding carboxylic acids is 1. The van der Waals surface area contributed by atoms with E-state index in [4.69, 9.17) is 4.98 Å². The van der Waals surface area contributed by atoms with Gasteiger partial charge in [0.15, 0.2) is 0 Å². The van der Waals surface area contributed by atoms with Crippen molar-refractivity contribution in [2.45, 2.75) is 39.2 Å². The molecule has 1 aliphatic rings. The second kappa shape index (κ2) is 8.70. The van der Waals surface area contributed by atoms with E-state index < -0.39 is 0 Å². The summed E-state index contributed by atoms with van der Waals surface area (Å²) < 4.78 is 0. The molecule has 29 heavy (non-hydrogen) atoms.